The van der Waals surface area contributed by atoms with Crippen LogP contribution in [0.15, 0.2) is 91.0 Å². The van der Waals surface area contributed by atoms with Gasteiger partial charge in [-0.15, -0.1) is 5.06 Å². The fraction of sp³-hybridized carbons (Fsp3) is 0.0476. The summed E-state index contributed by atoms with van der Waals surface area (Å²) < 4.78 is 10.3. The molecule has 3 aromatic carbocycles. The van der Waals surface area contributed by atoms with Gasteiger partial charge in [0.2, 0.25) is 0 Å². The molecule has 0 bridgehead atoms. The number of benzene rings is 3. The number of carbonyl (C=O) groups is 2. The molecule has 0 radical (unpaired) electrons. The Balaban J connectivity index is 1.70. The zero-order valence-corrected chi connectivity index (χ0v) is 14.4. The topological polar surface area (TPSA) is 65.1 Å². The highest BCUT2D eigenvalue weighted by Gasteiger charge is 2.23. The number of rotatable bonds is 4. The number of amides is 1. The summed E-state index contributed by atoms with van der Waals surface area (Å²) in [6.07, 6.45) is -1.88. The van der Waals surface area contributed by atoms with E-state index in [0.717, 1.165) is 10.6 Å². The van der Waals surface area contributed by atoms with Gasteiger partial charge in [0.15, 0.2) is 0 Å². The van der Waals surface area contributed by atoms with Crippen molar-refractivity contribution in [2.45, 2.75) is 6.54 Å². The summed E-state index contributed by atoms with van der Waals surface area (Å²) in [5.41, 5.74) is 0.759. The lowest BCUT2D eigenvalue weighted by Gasteiger charge is -2.20. The summed E-state index contributed by atoms with van der Waals surface area (Å²) in [7, 11) is 0. The van der Waals surface area contributed by atoms with Gasteiger partial charge in [-0.3, -0.25) is 4.84 Å². The Bertz CT molecular complexity index is 869. The Labute approximate surface area is 156 Å². The maximum Gasteiger partial charge on any atom is 0.539 e. The van der Waals surface area contributed by atoms with Crippen LogP contribution in [0.4, 0.5) is 9.59 Å². The predicted octanol–water partition coefficient (Wildman–Crippen LogP) is 4.82. The van der Waals surface area contributed by atoms with Crippen molar-refractivity contribution in [2.24, 2.45) is 0 Å². The molecule has 6 nitrogen and oxygen atoms in total. The minimum Gasteiger partial charge on any atom is -0.408 e. The lowest BCUT2D eigenvalue weighted by molar-refractivity contribution is -0.0955. The lowest BCUT2D eigenvalue weighted by atomic mass is 10.2. The highest BCUT2D eigenvalue weighted by Crippen LogP contribution is 2.15. The normalized spacial score (nSPS) is 9.93. The molecule has 1 amide bonds. The van der Waals surface area contributed by atoms with Crippen LogP contribution in [-0.4, -0.2) is 17.3 Å². The average molecular weight is 363 g/mol. The Morgan fingerprint density at radius 3 is 1.70 bits per heavy atom. The molecule has 3 aromatic rings. The molecule has 0 spiro atoms. The van der Waals surface area contributed by atoms with Gasteiger partial charge in [0, 0.05) is 0 Å². The summed E-state index contributed by atoms with van der Waals surface area (Å²) in [6, 6.07) is 26.0. The Morgan fingerprint density at radius 2 is 1.15 bits per heavy atom. The lowest BCUT2D eigenvalue weighted by Crippen LogP contribution is -2.36. The molecule has 136 valence electrons. The first-order valence-corrected chi connectivity index (χ1v) is 8.24. The second-order valence-electron chi connectivity index (χ2n) is 5.46. The van der Waals surface area contributed by atoms with Crippen LogP contribution in [0.3, 0.4) is 0 Å². The van der Waals surface area contributed by atoms with Crippen molar-refractivity contribution < 1.29 is 23.9 Å². The van der Waals surface area contributed by atoms with Crippen molar-refractivity contribution in [2.75, 3.05) is 0 Å². The minimum absolute atomic E-state index is 0.0103. The Morgan fingerprint density at radius 1 is 0.667 bits per heavy atom. The molecule has 0 heterocycles. The third-order valence-corrected chi connectivity index (χ3v) is 3.45. The number of ether oxygens (including phenoxy) is 2. The molecule has 0 saturated carbocycles. The van der Waals surface area contributed by atoms with Crippen LogP contribution >= 0.6 is 0 Å². The van der Waals surface area contributed by atoms with Crippen LogP contribution in [0.1, 0.15) is 5.56 Å². The average Bonchev–Trinajstić information content (AvgIpc) is 2.70. The molecule has 3 rings (SSSR count). The molecule has 0 aliphatic carbocycles. The summed E-state index contributed by atoms with van der Waals surface area (Å²) >= 11 is 0. The first-order chi connectivity index (χ1) is 13.2. The summed E-state index contributed by atoms with van der Waals surface area (Å²) in [5.74, 6) is 0.638. The van der Waals surface area contributed by atoms with Gasteiger partial charge in [0.1, 0.15) is 11.5 Å². The van der Waals surface area contributed by atoms with Gasteiger partial charge in [-0.05, 0) is 29.8 Å². The predicted molar refractivity (Wildman–Crippen MR) is 98.0 cm³/mol. The SMILES string of the molecule is O=C(Oc1ccccc1)ON(Cc1ccccc1)C(=O)Oc1ccccc1. The summed E-state index contributed by atoms with van der Waals surface area (Å²) in [6.45, 7) is 0.0103. The van der Waals surface area contributed by atoms with E-state index in [1.807, 2.05) is 18.2 Å². The highest BCUT2D eigenvalue weighted by molar-refractivity contribution is 5.72. The quantitative estimate of drug-likeness (QED) is 0.378. The molecule has 0 N–H and O–H groups in total. The van der Waals surface area contributed by atoms with Crippen LogP contribution in [0.5, 0.6) is 11.5 Å². The third-order valence-electron chi connectivity index (χ3n) is 3.45. The molecular weight excluding hydrogens is 346 g/mol. The Kier molecular flexibility index (Phi) is 6.04. The van der Waals surface area contributed by atoms with Crippen molar-refractivity contribution >= 4 is 12.2 Å². The van der Waals surface area contributed by atoms with Crippen LogP contribution < -0.4 is 9.47 Å². The monoisotopic (exact) mass is 363 g/mol. The molecule has 0 atom stereocenters. The van der Waals surface area contributed by atoms with E-state index >= 15 is 0 Å². The summed E-state index contributed by atoms with van der Waals surface area (Å²) in [5, 5.41) is 0.813. The van der Waals surface area contributed by atoms with Crippen molar-refractivity contribution in [3.8, 4) is 11.5 Å². The van der Waals surface area contributed by atoms with E-state index in [1.54, 1.807) is 72.8 Å². The van der Waals surface area contributed by atoms with E-state index in [0.29, 0.717) is 11.5 Å². The van der Waals surface area contributed by atoms with Crippen molar-refractivity contribution in [1.29, 1.82) is 0 Å². The van der Waals surface area contributed by atoms with E-state index in [4.69, 9.17) is 14.3 Å². The molecule has 0 aliphatic rings. The Hall–Kier alpha value is -3.80. The fourth-order valence-corrected chi connectivity index (χ4v) is 2.22. The number of hydroxylamine groups is 2. The van der Waals surface area contributed by atoms with E-state index in [-0.39, 0.29) is 6.54 Å². The van der Waals surface area contributed by atoms with Gasteiger partial charge in [0.25, 0.3) is 0 Å². The van der Waals surface area contributed by atoms with E-state index < -0.39 is 12.2 Å². The number of para-hydroxylation sites is 2. The van der Waals surface area contributed by atoms with Gasteiger partial charge in [-0.25, -0.2) is 9.59 Å². The largest absolute Gasteiger partial charge is 0.539 e. The highest BCUT2D eigenvalue weighted by atomic mass is 16.8. The van der Waals surface area contributed by atoms with Gasteiger partial charge >= 0.3 is 12.2 Å². The van der Waals surface area contributed by atoms with Crippen molar-refractivity contribution in [3.63, 3.8) is 0 Å². The number of hydrogen-bond acceptors (Lipinski definition) is 5. The minimum atomic E-state index is -1.04. The van der Waals surface area contributed by atoms with Crippen LogP contribution in [0, 0.1) is 0 Å². The van der Waals surface area contributed by atoms with Gasteiger partial charge in [-0.2, -0.15) is 0 Å². The maximum atomic E-state index is 12.5. The number of nitrogens with zero attached hydrogens (tertiary/aromatic N) is 1. The fourth-order valence-electron chi connectivity index (χ4n) is 2.22. The zero-order valence-electron chi connectivity index (χ0n) is 14.4. The van der Waals surface area contributed by atoms with Crippen LogP contribution in [0.25, 0.3) is 0 Å². The second-order valence-corrected chi connectivity index (χ2v) is 5.46. The molecular formula is C21H17NO5. The molecule has 6 heteroatoms. The molecule has 0 aromatic heterocycles. The summed E-state index contributed by atoms with van der Waals surface area (Å²) in [4.78, 5) is 29.6. The first-order valence-electron chi connectivity index (χ1n) is 8.24. The molecule has 0 aliphatic heterocycles. The second kappa shape index (κ2) is 9.05. The van der Waals surface area contributed by atoms with Crippen molar-refractivity contribution in [1.82, 2.24) is 5.06 Å². The van der Waals surface area contributed by atoms with Gasteiger partial charge in [0.05, 0.1) is 6.54 Å². The van der Waals surface area contributed by atoms with Crippen LogP contribution in [-0.2, 0) is 11.4 Å². The van der Waals surface area contributed by atoms with E-state index in [2.05, 4.69) is 0 Å². The third kappa shape index (κ3) is 5.61. The van der Waals surface area contributed by atoms with Gasteiger partial charge in [-0.1, -0.05) is 66.7 Å². The number of carbonyl (C=O) groups excluding carboxylic acids is 2. The van der Waals surface area contributed by atoms with Crippen LogP contribution in [0.2, 0.25) is 0 Å². The molecule has 0 fully saturated rings. The maximum absolute atomic E-state index is 12.5. The molecule has 0 unspecified atom stereocenters. The van der Waals surface area contributed by atoms with Gasteiger partial charge < -0.3 is 9.47 Å². The standard InChI is InChI=1S/C21H17NO5/c23-20(25-18-12-6-2-7-13-18)22(16-17-10-4-1-5-11-17)27-21(24)26-19-14-8-3-9-15-19/h1-15H,16H2. The van der Waals surface area contributed by atoms with E-state index in [1.165, 1.54) is 0 Å². The first kappa shape index (κ1) is 18.0. The smallest absolute Gasteiger partial charge is 0.408 e. The zero-order chi connectivity index (χ0) is 18.9. The molecule has 27 heavy (non-hydrogen) atoms. The van der Waals surface area contributed by atoms with E-state index in [9.17, 15) is 9.59 Å². The number of hydrogen-bond donors (Lipinski definition) is 0. The molecule has 0 saturated heterocycles. The van der Waals surface area contributed by atoms with Crippen molar-refractivity contribution in [3.05, 3.63) is 96.6 Å².